The molecule has 1 fully saturated rings. The molecule has 1 aliphatic heterocycles. The monoisotopic (exact) mass is 391 g/mol. The number of benzene rings is 1. The summed E-state index contributed by atoms with van der Waals surface area (Å²) in [5, 5.41) is 3.06. The standard InChI is InChI=1S/C23H29N5O/c1-19-6-2-3-7-20(19)9-10-24-23(29)18-27-14-12-26(13-15-27)16-21-17-28-11-5-4-8-22(28)25-21/h2-8,11,17H,9-10,12-16,18H2,1H3,(H,24,29). The Labute approximate surface area is 172 Å². The highest BCUT2D eigenvalue weighted by Gasteiger charge is 2.19. The molecule has 152 valence electrons. The normalized spacial score (nSPS) is 15.6. The first-order valence-electron chi connectivity index (χ1n) is 10.4. The van der Waals surface area contributed by atoms with Crippen LogP contribution >= 0.6 is 0 Å². The third-order valence-electron chi connectivity index (χ3n) is 5.61. The lowest BCUT2D eigenvalue weighted by Crippen LogP contribution is -2.49. The van der Waals surface area contributed by atoms with Crippen molar-refractivity contribution in [3.8, 4) is 0 Å². The molecule has 3 aromatic rings. The third-order valence-corrected chi connectivity index (χ3v) is 5.61. The van der Waals surface area contributed by atoms with Crippen LogP contribution in [0.2, 0.25) is 0 Å². The Morgan fingerprint density at radius 3 is 2.59 bits per heavy atom. The Hall–Kier alpha value is -2.70. The Morgan fingerprint density at radius 1 is 1.03 bits per heavy atom. The number of nitrogens with zero attached hydrogens (tertiary/aromatic N) is 4. The SMILES string of the molecule is Cc1ccccc1CCNC(=O)CN1CCN(Cc2cn3ccccc3n2)CC1. The van der Waals surface area contributed by atoms with Crippen molar-refractivity contribution >= 4 is 11.6 Å². The van der Waals surface area contributed by atoms with Gasteiger partial charge in [-0.05, 0) is 36.6 Å². The van der Waals surface area contributed by atoms with Crippen LogP contribution in [-0.4, -0.2) is 64.4 Å². The molecule has 1 saturated heterocycles. The van der Waals surface area contributed by atoms with Crippen LogP contribution < -0.4 is 5.32 Å². The number of nitrogens with one attached hydrogen (secondary N) is 1. The molecule has 6 heteroatoms. The molecule has 1 aliphatic rings. The van der Waals surface area contributed by atoms with Crippen molar-refractivity contribution in [2.24, 2.45) is 0 Å². The van der Waals surface area contributed by atoms with Gasteiger partial charge in [-0.25, -0.2) is 4.98 Å². The van der Waals surface area contributed by atoms with Crippen LogP contribution in [0.5, 0.6) is 0 Å². The molecule has 0 aliphatic carbocycles. The van der Waals surface area contributed by atoms with Gasteiger partial charge in [0.15, 0.2) is 0 Å². The molecule has 1 N–H and O–H groups in total. The molecule has 3 heterocycles. The summed E-state index contributed by atoms with van der Waals surface area (Å²) in [5.74, 6) is 0.118. The second-order valence-corrected chi connectivity index (χ2v) is 7.78. The van der Waals surface area contributed by atoms with Gasteiger partial charge in [0.05, 0.1) is 12.2 Å². The van der Waals surface area contributed by atoms with E-state index < -0.39 is 0 Å². The van der Waals surface area contributed by atoms with Gasteiger partial charge in [-0.3, -0.25) is 14.6 Å². The number of pyridine rings is 1. The van der Waals surface area contributed by atoms with Crippen molar-refractivity contribution in [1.82, 2.24) is 24.5 Å². The lowest BCUT2D eigenvalue weighted by Gasteiger charge is -2.33. The summed E-state index contributed by atoms with van der Waals surface area (Å²) in [4.78, 5) is 21.6. The number of hydrogen-bond acceptors (Lipinski definition) is 4. The van der Waals surface area contributed by atoms with E-state index in [9.17, 15) is 4.79 Å². The summed E-state index contributed by atoms with van der Waals surface area (Å²) in [6.45, 7) is 7.90. The van der Waals surface area contributed by atoms with Gasteiger partial charge in [-0.1, -0.05) is 30.3 Å². The molecule has 0 unspecified atom stereocenters. The minimum atomic E-state index is 0.118. The van der Waals surface area contributed by atoms with Crippen molar-refractivity contribution in [2.75, 3.05) is 39.3 Å². The van der Waals surface area contributed by atoms with E-state index in [4.69, 9.17) is 0 Å². The van der Waals surface area contributed by atoms with Crippen molar-refractivity contribution in [3.05, 3.63) is 71.7 Å². The maximum atomic E-state index is 12.3. The number of carbonyl (C=O) groups excluding carboxylic acids is 1. The van der Waals surface area contributed by atoms with Gasteiger partial charge in [0.2, 0.25) is 5.91 Å². The number of amides is 1. The maximum Gasteiger partial charge on any atom is 0.234 e. The summed E-state index contributed by atoms with van der Waals surface area (Å²) >= 11 is 0. The van der Waals surface area contributed by atoms with Crippen molar-refractivity contribution in [1.29, 1.82) is 0 Å². The highest BCUT2D eigenvalue weighted by Crippen LogP contribution is 2.10. The Kier molecular flexibility index (Phi) is 6.22. The first kappa shape index (κ1) is 19.6. The van der Waals surface area contributed by atoms with Crippen LogP contribution in [-0.2, 0) is 17.8 Å². The van der Waals surface area contributed by atoms with Crippen LogP contribution in [0.3, 0.4) is 0 Å². The van der Waals surface area contributed by atoms with Crippen LogP contribution in [0.1, 0.15) is 16.8 Å². The van der Waals surface area contributed by atoms with Crippen LogP contribution in [0.25, 0.3) is 5.65 Å². The number of carbonyl (C=O) groups is 1. The highest BCUT2D eigenvalue weighted by atomic mass is 16.2. The van der Waals surface area contributed by atoms with E-state index in [1.165, 1.54) is 11.1 Å². The minimum Gasteiger partial charge on any atom is -0.355 e. The molecule has 4 rings (SSSR count). The van der Waals surface area contributed by atoms with E-state index in [0.29, 0.717) is 13.1 Å². The molecule has 0 spiro atoms. The topological polar surface area (TPSA) is 52.9 Å². The Balaban J connectivity index is 1.17. The van der Waals surface area contributed by atoms with E-state index in [0.717, 1.165) is 50.5 Å². The fourth-order valence-corrected chi connectivity index (χ4v) is 3.88. The quantitative estimate of drug-likeness (QED) is 0.670. The molecule has 1 amide bonds. The minimum absolute atomic E-state index is 0.118. The molecule has 0 saturated carbocycles. The molecule has 0 bridgehead atoms. The fraction of sp³-hybridized carbons (Fsp3) is 0.391. The number of imidazole rings is 1. The van der Waals surface area contributed by atoms with Crippen LogP contribution in [0.4, 0.5) is 0 Å². The van der Waals surface area contributed by atoms with Gasteiger partial charge in [-0.2, -0.15) is 0 Å². The first-order chi connectivity index (χ1) is 14.2. The van der Waals surface area contributed by atoms with Gasteiger partial charge in [0.1, 0.15) is 5.65 Å². The molecule has 1 aromatic carbocycles. The number of piperazine rings is 1. The number of aromatic nitrogens is 2. The highest BCUT2D eigenvalue weighted by molar-refractivity contribution is 5.78. The number of rotatable bonds is 7. The fourth-order valence-electron chi connectivity index (χ4n) is 3.88. The second-order valence-electron chi connectivity index (χ2n) is 7.78. The summed E-state index contributed by atoms with van der Waals surface area (Å²) in [7, 11) is 0. The van der Waals surface area contributed by atoms with Crippen molar-refractivity contribution in [2.45, 2.75) is 19.9 Å². The second kappa shape index (κ2) is 9.20. The summed E-state index contributed by atoms with van der Waals surface area (Å²) in [5.41, 5.74) is 4.67. The molecular weight excluding hydrogens is 362 g/mol. The molecule has 29 heavy (non-hydrogen) atoms. The van der Waals surface area contributed by atoms with E-state index in [2.05, 4.69) is 55.8 Å². The van der Waals surface area contributed by atoms with Crippen molar-refractivity contribution in [3.63, 3.8) is 0 Å². The summed E-state index contributed by atoms with van der Waals surface area (Å²) in [6.07, 6.45) is 5.01. The predicted octanol–water partition coefficient (Wildman–Crippen LogP) is 2.12. The average Bonchev–Trinajstić information content (AvgIpc) is 3.13. The average molecular weight is 392 g/mol. The van der Waals surface area contributed by atoms with E-state index in [1.807, 2.05) is 30.5 Å². The summed E-state index contributed by atoms with van der Waals surface area (Å²) < 4.78 is 2.06. The van der Waals surface area contributed by atoms with E-state index in [1.54, 1.807) is 0 Å². The molecule has 0 radical (unpaired) electrons. The van der Waals surface area contributed by atoms with Gasteiger partial charge >= 0.3 is 0 Å². The molecular formula is C23H29N5O. The smallest absolute Gasteiger partial charge is 0.234 e. The largest absolute Gasteiger partial charge is 0.355 e. The Morgan fingerprint density at radius 2 is 1.79 bits per heavy atom. The molecule has 2 aromatic heterocycles. The third kappa shape index (κ3) is 5.22. The summed E-state index contributed by atoms with van der Waals surface area (Å²) in [6, 6.07) is 14.4. The number of fused-ring (bicyclic) bond motifs is 1. The van der Waals surface area contributed by atoms with Gasteiger partial charge < -0.3 is 9.72 Å². The molecule has 6 nitrogen and oxygen atoms in total. The van der Waals surface area contributed by atoms with Gasteiger partial charge in [-0.15, -0.1) is 0 Å². The lowest BCUT2D eigenvalue weighted by atomic mass is 10.1. The van der Waals surface area contributed by atoms with E-state index >= 15 is 0 Å². The van der Waals surface area contributed by atoms with Crippen molar-refractivity contribution < 1.29 is 4.79 Å². The maximum absolute atomic E-state index is 12.3. The van der Waals surface area contributed by atoms with Gasteiger partial charge in [0, 0.05) is 51.7 Å². The van der Waals surface area contributed by atoms with Gasteiger partial charge in [0.25, 0.3) is 0 Å². The number of hydrogen-bond donors (Lipinski definition) is 1. The van der Waals surface area contributed by atoms with E-state index in [-0.39, 0.29) is 5.91 Å². The zero-order valence-electron chi connectivity index (χ0n) is 17.1. The van der Waals surface area contributed by atoms with Crippen LogP contribution in [0.15, 0.2) is 54.9 Å². The zero-order chi connectivity index (χ0) is 20.1. The first-order valence-corrected chi connectivity index (χ1v) is 10.4. The zero-order valence-corrected chi connectivity index (χ0v) is 17.1. The predicted molar refractivity (Wildman–Crippen MR) is 115 cm³/mol. The lowest BCUT2D eigenvalue weighted by molar-refractivity contribution is -0.122. The Bertz CT molecular complexity index is 926. The molecule has 0 atom stereocenters. The van der Waals surface area contributed by atoms with Crippen LogP contribution in [0, 0.1) is 6.92 Å². The number of aryl methyl sites for hydroxylation is 1.